The highest BCUT2D eigenvalue weighted by molar-refractivity contribution is 7.89. The third-order valence-electron chi connectivity index (χ3n) is 2.87. The summed E-state index contributed by atoms with van der Waals surface area (Å²) in [5, 5.41) is 13.6. The maximum Gasteiger partial charge on any atom is 0.363 e. The predicted octanol–water partition coefficient (Wildman–Crippen LogP) is 0.188. The molecule has 0 saturated carbocycles. The van der Waals surface area contributed by atoms with E-state index in [9.17, 15) is 18.5 Å². The Labute approximate surface area is 116 Å². The highest BCUT2D eigenvalue weighted by atomic mass is 32.2. The second-order valence-electron chi connectivity index (χ2n) is 4.25. The molecule has 2 heterocycles. The highest BCUT2D eigenvalue weighted by Crippen LogP contribution is 2.12. The van der Waals surface area contributed by atoms with Gasteiger partial charge in [0.15, 0.2) is 6.20 Å². The molecule has 20 heavy (non-hydrogen) atoms. The van der Waals surface area contributed by atoms with Crippen molar-refractivity contribution in [1.82, 2.24) is 15.0 Å². The summed E-state index contributed by atoms with van der Waals surface area (Å²) in [6.07, 6.45) is 3.72. The summed E-state index contributed by atoms with van der Waals surface area (Å²) in [5.74, 6) is -0.384. The van der Waals surface area contributed by atoms with Crippen molar-refractivity contribution in [2.75, 3.05) is 19.6 Å². The Kier molecular flexibility index (Phi) is 4.42. The van der Waals surface area contributed by atoms with E-state index in [0.29, 0.717) is 0 Å². The van der Waals surface area contributed by atoms with E-state index in [-0.39, 0.29) is 17.3 Å². The molecule has 0 spiro atoms. The van der Waals surface area contributed by atoms with Gasteiger partial charge < -0.3 is 15.4 Å². The van der Waals surface area contributed by atoms with Crippen LogP contribution in [0.3, 0.4) is 0 Å². The van der Waals surface area contributed by atoms with Gasteiger partial charge in [-0.15, -0.1) is 0 Å². The average molecular weight is 298 g/mol. The zero-order valence-corrected chi connectivity index (χ0v) is 11.4. The second-order valence-corrected chi connectivity index (χ2v) is 6.02. The van der Waals surface area contributed by atoms with Crippen LogP contribution < -0.4 is 10.0 Å². The number of hydrogen-bond donors (Lipinski definition) is 2. The fraction of sp³-hybridized carbons (Fsp3) is 0.364. The van der Waals surface area contributed by atoms with Gasteiger partial charge in [0.1, 0.15) is 4.90 Å². The quantitative estimate of drug-likeness (QED) is 0.455. The van der Waals surface area contributed by atoms with Crippen molar-refractivity contribution in [3.8, 4) is 0 Å². The summed E-state index contributed by atoms with van der Waals surface area (Å²) in [4.78, 5) is 13.2. The summed E-state index contributed by atoms with van der Waals surface area (Å²) < 4.78 is 26.4. The Balaban J connectivity index is 2.05. The number of aromatic nitrogens is 1. The van der Waals surface area contributed by atoms with Gasteiger partial charge in [-0.05, 0) is 28.9 Å². The Bertz CT molecular complexity index is 624. The van der Waals surface area contributed by atoms with Gasteiger partial charge in [0.05, 0.1) is 0 Å². The van der Waals surface area contributed by atoms with Crippen LogP contribution in [0.15, 0.2) is 34.9 Å². The van der Waals surface area contributed by atoms with Crippen molar-refractivity contribution in [2.24, 2.45) is 0 Å². The molecule has 0 radical (unpaired) electrons. The Morgan fingerprint density at radius 3 is 2.80 bits per heavy atom. The van der Waals surface area contributed by atoms with Gasteiger partial charge in [-0.25, -0.2) is 13.1 Å². The molecule has 2 rings (SSSR count). The van der Waals surface area contributed by atoms with Crippen LogP contribution in [0.1, 0.15) is 6.42 Å². The SMILES string of the molecule is O=[N+]([O-])c1ccc(S(=O)(=O)NCC2=CCNCC2)cn1. The topological polar surface area (TPSA) is 114 Å². The lowest BCUT2D eigenvalue weighted by atomic mass is 10.1. The minimum absolute atomic E-state index is 0.0855. The number of sulfonamides is 1. The van der Waals surface area contributed by atoms with Gasteiger partial charge in [-0.1, -0.05) is 11.6 Å². The van der Waals surface area contributed by atoms with Gasteiger partial charge in [-0.2, -0.15) is 0 Å². The standard InChI is InChI=1S/C11H14N4O4S/c16-15(17)11-2-1-10(8-13-11)20(18,19)14-7-9-3-5-12-6-4-9/h1-3,8,12,14H,4-7H2. The fourth-order valence-electron chi connectivity index (χ4n) is 1.74. The van der Waals surface area contributed by atoms with Crippen molar-refractivity contribution in [3.63, 3.8) is 0 Å². The maximum absolute atomic E-state index is 12.0. The normalized spacial score (nSPS) is 15.7. The first-order chi connectivity index (χ1) is 9.49. The number of nitrogens with zero attached hydrogens (tertiary/aromatic N) is 2. The molecule has 9 heteroatoms. The molecule has 0 unspecified atom stereocenters. The van der Waals surface area contributed by atoms with Crippen LogP contribution in [-0.4, -0.2) is 38.0 Å². The Hall–Kier alpha value is -1.84. The molecular formula is C11H14N4O4S. The summed E-state index contributed by atoms with van der Waals surface area (Å²) in [7, 11) is -3.70. The van der Waals surface area contributed by atoms with Crippen molar-refractivity contribution in [3.05, 3.63) is 40.1 Å². The zero-order valence-electron chi connectivity index (χ0n) is 10.6. The molecule has 1 aromatic heterocycles. The largest absolute Gasteiger partial charge is 0.363 e. The monoisotopic (exact) mass is 298 g/mol. The molecule has 0 aromatic carbocycles. The van der Waals surface area contributed by atoms with Crippen LogP contribution >= 0.6 is 0 Å². The third-order valence-corrected chi connectivity index (χ3v) is 4.25. The molecule has 8 nitrogen and oxygen atoms in total. The van der Waals surface area contributed by atoms with Crippen molar-refractivity contribution in [1.29, 1.82) is 0 Å². The van der Waals surface area contributed by atoms with E-state index in [2.05, 4.69) is 15.0 Å². The molecule has 1 aromatic rings. The first kappa shape index (κ1) is 14.6. The van der Waals surface area contributed by atoms with Crippen molar-refractivity contribution >= 4 is 15.8 Å². The fourth-order valence-corrected chi connectivity index (χ4v) is 2.72. The lowest BCUT2D eigenvalue weighted by Gasteiger charge is -2.14. The number of pyridine rings is 1. The van der Waals surface area contributed by atoms with Gasteiger partial charge in [0, 0.05) is 19.2 Å². The summed E-state index contributed by atoms with van der Waals surface area (Å²) in [5.41, 5.74) is 1.02. The number of rotatable bonds is 5. The van der Waals surface area contributed by atoms with E-state index in [4.69, 9.17) is 0 Å². The van der Waals surface area contributed by atoms with E-state index in [1.807, 2.05) is 6.08 Å². The maximum atomic E-state index is 12.0. The van der Waals surface area contributed by atoms with Crippen LogP contribution in [-0.2, 0) is 10.0 Å². The van der Waals surface area contributed by atoms with Gasteiger partial charge in [-0.3, -0.25) is 0 Å². The molecule has 0 bridgehead atoms. The smallest absolute Gasteiger partial charge is 0.358 e. The Morgan fingerprint density at radius 2 is 2.25 bits per heavy atom. The first-order valence-electron chi connectivity index (χ1n) is 5.98. The number of nitro groups is 1. The van der Waals surface area contributed by atoms with Crippen molar-refractivity contribution < 1.29 is 13.3 Å². The van der Waals surface area contributed by atoms with Crippen LogP contribution in [0.25, 0.3) is 0 Å². The van der Waals surface area contributed by atoms with Crippen LogP contribution in [0.5, 0.6) is 0 Å². The lowest BCUT2D eigenvalue weighted by molar-refractivity contribution is -0.389. The minimum atomic E-state index is -3.70. The van der Waals surface area contributed by atoms with Crippen molar-refractivity contribution in [2.45, 2.75) is 11.3 Å². The molecule has 0 amide bonds. The summed E-state index contributed by atoms with van der Waals surface area (Å²) in [6.45, 7) is 1.80. The summed E-state index contributed by atoms with van der Waals surface area (Å²) >= 11 is 0. The predicted molar refractivity (Wildman–Crippen MR) is 71.6 cm³/mol. The molecule has 1 aliphatic rings. The first-order valence-corrected chi connectivity index (χ1v) is 7.46. The zero-order chi connectivity index (χ0) is 14.6. The van der Waals surface area contributed by atoms with Crippen LogP contribution in [0.4, 0.5) is 5.82 Å². The molecule has 2 N–H and O–H groups in total. The van der Waals surface area contributed by atoms with E-state index >= 15 is 0 Å². The second kappa shape index (κ2) is 6.07. The van der Waals surface area contributed by atoms with Gasteiger partial charge in [0.2, 0.25) is 10.0 Å². The molecule has 0 fully saturated rings. The molecule has 1 aliphatic heterocycles. The molecule has 0 saturated heterocycles. The molecule has 0 atom stereocenters. The molecular weight excluding hydrogens is 284 g/mol. The van der Waals surface area contributed by atoms with E-state index < -0.39 is 14.9 Å². The average Bonchev–Trinajstić information content (AvgIpc) is 2.46. The van der Waals surface area contributed by atoms with E-state index in [1.165, 1.54) is 6.07 Å². The lowest BCUT2D eigenvalue weighted by Crippen LogP contribution is -2.29. The highest BCUT2D eigenvalue weighted by Gasteiger charge is 2.18. The Morgan fingerprint density at radius 1 is 1.45 bits per heavy atom. The minimum Gasteiger partial charge on any atom is -0.358 e. The van der Waals surface area contributed by atoms with E-state index in [1.54, 1.807) is 0 Å². The molecule has 0 aliphatic carbocycles. The number of nitrogens with one attached hydrogen (secondary N) is 2. The van der Waals surface area contributed by atoms with Crippen LogP contribution in [0, 0.1) is 10.1 Å². The third kappa shape index (κ3) is 3.59. The van der Waals surface area contributed by atoms with E-state index in [0.717, 1.165) is 37.3 Å². The molecule has 108 valence electrons. The van der Waals surface area contributed by atoms with Gasteiger partial charge >= 0.3 is 5.82 Å². The summed E-state index contributed by atoms with van der Waals surface area (Å²) in [6, 6.07) is 2.24. The van der Waals surface area contributed by atoms with Gasteiger partial charge in [0.25, 0.3) is 0 Å². The number of hydrogen-bond acceptors (Lipinski definition) is 6. The van der Waals surface area contributed by atoms with Crippen LogP contribution in [0.2, 0.25) is 0 Å².